The van der Waals surface area contributed by atoms with Gasteiger partial charge in [0, 0.05) is 25.6 Å². The van der Waals surface area contributed by atoms with Crippen LogP contribution in [0.1, 0.15) is 18.1 Å². The zero-order valence-corrected chi connectivity index (χ0v) is 15.2. The molecule has 0 aliphatic carbocycles. The molecule has 0 radical (unpaired) electrons. The largest absolute Gasteiger partial charge is 0.352 e. The number of carbonyl (C=O) groups is 1. The van der Waals surface area contributed by atoms with Crippen LogP contribution >= 0.6 is 0 Å². The highest BCUT2D eigenvalue weighted by Crippen LogP contribution is 2.13. The molecule has 2 aromatic rings. The fraction of sp³-hybridized carbons (Fsp3) is 0.278. The molecule has 0 aliphatic rings. The van der Waals surface area contributed by atoms with E-state index in [1.165, 1.54) is 30.3 Å². The number of rotatable bonds is 8. The van der Waals surface area contributed by atoms with Crippen molar-refractivity contribution in [2.45, 2.75) is 24.9 Å². The van der Waals surface area contributed by atoms with Crippen molar-refractivity contribution in [3.63, 3.8) is 0 Å². The molecular weight excluding hydrogens is 357 g/mol. The molecule has 1 unspecified atom stereocenters. The second-order valence-corrected chi connectivity index (χ2v) is 7.72. The zero-order chi connectivity index (χ0) is 19.2. The summed E-state index contributed by atoms with van der Waals surface area (Å²) < 4.78 is 40.5. The third kappa shape index (κ3) is 5.62. The maximum absolute atomic E-state index is 13.2. The first-order valence-electron chi connectivity index (χ1n) is 8.12. The second-order valence-electron chi connectivity index (χ2n) is 5.96. The van der Waals surface area contributed by atoms with E-state index in [9.17, 15) is 17.6 Å². The van der Waals surface area contributed by atoms with E-state index in [0.717, 1.165) is 0 Å². The molecule has 0 aliphatic heterocycles. The second kappa shape index (κ2) is 8.88. The van der Waals surface area contributed by atoms with E-state index in [1.807, 2.05) is 0 Å². The van der Waals surface area contributed by atoms with Crippen molar-refractivity contribution >= 4 is 15.9 Å². The van der Waals surface area contributed by atoms with Crippen molar-refractivity contribution in [2.24, 2.45) is 11.7 Å². The van der Waals surface area contributed by atoms with Gasteiger partial charge in [-0.1, -0.05) is 31.2 Å². The molecule has 0 fully saturated rings. The molecule has 0 aromatic heterocycles. The summed E-state index contributed by atoms with van der Waals surface area (Å²) in [6, 6.07) is 12.0. The highest BCUT2D eigenvalue weighted by Gasteiger charge is 2.15. The first-order valence-corrected chi connectivity index (χ1v) is 9.61. The van der Waals surface area contributed by atoms with Crippen LogP contribution < -0.4 is 15.8 Å². The Balaban J connectivity index is 2.04. The van der Waals surface area contributed by atoms with Crippen molar-refractivity contribution in [2.75, 3.05) is 6.54 Å². The summed E-state index contributed by atoms with van der Waals surface area (Å²) in [6.07, 6.45) is 0. The minimum absolute atomic E-state index is 0.0188. The molecule has 1 amide bonds. The Kier molecular flexibility index (Phi) is 6.84. The molecule has 0 saturated carbocycles. The van der Waals surface area contributed by atoms with Crippen LogP contribution in [0.5, 0.6) is 0 Å². The monoisotopic (exact) mass is 379 g/mol. The van der Waals surface area contributed by atoms with E-state index in [0.29, 0.717) is 11.1 Å². The molecule has 6 nitrogen and oxygen atoms in total. The van der Waals surface area contributed by atoms with Crippen LogP contribution in [-0.4, -0.2) is 20.9 Å². The van der Waals surface area contributed by atoms with Gasteiger partial charge in [-0.2, -0.15) is 0 Å². The van der Waals surface area contributed by atoms with E-state index >= 15 is 0 Å². The van der Waals surface area contributed by atoms with E-state index in [2.05, 4.69) is 10.0 Å². The minimum Gasteiger partial charge on any atom is -0.352 e. The normalized spacial score (nSPS) is 12.6. The van der Waals surface area contributed by atoms with Gasteiger partial charge in [0.2, 0.25) is 15.9 Å². The van der Waals surface area contributed by atoms with Gasteiger partial charge in [0.05, 0.1) is 4.90 Å². The number of amides is 1. The van der Waals surface area contributed by atoms with Crippen LogP contribution in [0.25, 0.3) is 0 Å². The smallest absolute Gasteiger partial charge is 0.240 e. The Hall–Kier alpha value is -2.29. The van der Waals surface area contributed by atoms with Crippen LogP contribution in [0.4, 0.5) is 4.39 Å². The first kappa shape index (κ1) is 20.0. The summed E-state index contributed by atoms with van der Waals surface area (Å²) in [5.41, 5.74) is 6.61. The van der Waals surface area contributed by atoms with E-state index in [4.69, 9.17) is 5.73 Å². The Labute approximate surface area is 152 Å². The van der Waals surface area contributed by atoms with Crippen molar-refractivity contribution in [1.82, 2.24) is 10.0 Å². The molecule has 0 spiro atoms. The van der Waals surface area contributed by atoms with Crippen molar-refractivity contribution in [3.05, 3.63) is 65.5 Å². The number of nitrogens with two attached hydrogens (primary N) is 1. The highest BCUT2D eigenvalue weighted by atomic mass is 32.2. The van der Waals surface area contributed by atoms with E-state index in [1.54, 1.807) is 25.1 Å². The molecule has 26 heavy (non-hydrogen) atoms. The lowest BCUT2D eigenvalue weighted by Gasteiger charge is -2.11. The Morgan fingerprint density at radius 3 is 2.42 bits per heavy atom. The molecule has 0 heterocycles. The topological polar surface area (TPSA) is 101 Å². The number of halogens is 1. The predicted octanol–water partition coefficient (Wildman–Crippen LogP) is 1.52. The number of hydrogen-bond donors (Lipinski definition) is 3. The molecule has 2 rings (SSSR count). The summed E-state index contributed by atoms with van der Waals surface area (Å²) >= 11 is 0. The number of carbonyl (C=O) groups excluding carboxylic acids is 1. The lowest BCUT2D eigenvalue weighted by atomic mass is 10.1. The lowest BCUT2D eigenvalue weighted by molar-refractivity contribution is -0.124. The molecule has 4 N–H and O–H groups in total. The number of nitrogens with one attached hydrogen (secondary N) is 2. The number of sulfonamides is 1. The summed E-state index contributed by atoms with van der Waals surface area (Å²) in [7, 11) is -3.76. The van der Waals surface area contributed by atoms with Gasteiger partial charge in [0.15, 0.2) is 0 Å². The Morgan fingerprint density at radius 2 is 1.77 bits per heavy atom. The van der Waals surface area contributed by atoms with Crippen LogP contribution in [0.2, 0.25) is 0 Å². The van der Waals surface area contributed by atoms with Gasteiger partial charge >= 0.3 is 0 Å². The number of benzene rings is 2. The SMILES string of the molecule is CC(CN)C(=O)NCc1cccc(S(=O)(=O)NCc2cccc(F)c2)c1. The predicted molar refractivity (Wildman–Crippen MR) is 96.9 cm³/mol. The summed E-state index contributed by atoms with van der Waals surface area (Å²) in [6.45, 7) is 2.14. The van der Waals surface area contributed by atoms with Crippen LogP contribution in [-0.2, 0) is 27.9 Å². The highest BCUT2D eigenvalue weighted by molar-refractivity contribution is 7.89. The fourth-order valence-electron chi connectivity index (χ4n) is 2.20. The van der Waals surface area contributed by atoms with Crippen LogP contribution in [0, 0.1) is 11.7 Å². The first-order chi connectivity index (χ1) is 12.3. The zero-order valence-electron chi connectivity index (χ0n) is 14.4. The fourth-order valence-corrected chi connectivity index (χ4v) is 3.29. The third-order valence-electron chi connectivity index (χ3n) is 3.83. The van der Waals surface area contributed by atoms with Gasteiger partial charge in [0.1, 0.15) is 5.82 Å². The van der Waals surface area contributed by atoms with Gasteiger partial charge in [-0.05, 0) is 35.4 Å². The molecule has 0 bridgehead atoms. The van der Waals surface area contributed by atoms with Gasteiger partial charge in [-0.25, -0.2) is 17.5 Å². The molecule has 1 atom stereocenters. The molecular formula is C18H22FN3O3S. The quantitative estimate of drug-likeness (QED) is 0.647. The van der Waals surface area contributed by atoms with Gasteiger partial charge in [-0.3, -0.25) is 4.79 Å². The van der Waals surface area contributed by atoms with Crippen molar-refractivity contribution < 1.29 is 17.6 Å². The third-order valence-corrected chi connectivity index (χ3v) is 5.23. The van der Waals surface area contributed by atoms with Gasteiger partial charge in [-0.15, -0.1) is 0 Å². The van der Waals surface area contributed by atoms with Crippen LogP contribution in [0.3, 0.4) is 0 Å². The van der Waals surface area contributed by atoms with Crippen molar-refractivity contribution in [1.29, 1.82) is 0 Å². The molecule has 0 saturated heterocycles. The molecule has 140 valence electrons. The molecule has 2 aromatic carbocycles. The standard InChI is InChI=1S/C18H22FN3O3S/c1-13(10-20)18(23)21-11-15-5-3-7-17(9-15)26(24,25)22-12-14-4-2-6-16(19)8-14/h2-9,13,22H,10-12,20H2,1H3,(H,21,23). The maximum Gasteiger partial charge on any atom is 0.240 e. The lowest BCUT2D eigenvalue weighted by Crippen LogP contribution is -2.32. The van der Waals surface area contributed by atoms with Crippen molar-refractivity contribution in [3.8, 4) is 0 Å². The average Bonchev–Trinajstić information content (AvgIpc) is 2.64. The number of hydrogen-bond acceptors (Lipinski definition) is 4. The summed E-state index contributed by atoms with van der Waals surface area (Å²) in [4.78, 5) is 11.8. The maximum atomic E-state index is 13.2. The minimum atomic E-state index is -3.76. The average molecular weight is 379 g/mol. The Morgan fingerprint density at radius 1 is 1.12 bits per heavy atom. The van der Waals surface area contributed by atoms with Gasteiger partial charge < -0.3 is 11.1 Å². The summed E-state index contributed by atoms with van der Waals surface area (Å²) in [5.74, 6) is -0.925. The Bertz CT molecular complexity index is 871. The van der Waals surface area contributed by atoms with Gasteiger partial charge in [0.25, 0.3) is 0 Å². The van der Waals surface area contributed by atoms with E-state index < -0.39 is 15.8 Å². The summed E-state index contributed by atoms with van der Waals surface area (Å²) in [5, 5.41) is 2.72. The molecule has 8 heteroatoms. The van der Waals surface area contributed by atoms with E-state index in [-0.39, 0.29) is 36.4 Å². The van der Waals surface area contributed by atoms with Crippen LogP contribution in [0.15, 0.2) is 53.4 Å².